The maximum absolute atomic E-state index is 12.7. The van der Waals surface area contributed by atoms with E-state index >= 15 is 0 Å². The van der Waals surface area contributed by atoms with Gasteiger partial charge in [-0.15, -0.1) is 0 Å². The Balaban J connectivity index is 1.48. The number of nitrogens with zero attached hydrogens (tertiary/aromatic N) is 2. The number of rotatable bonds is 4. The predicted octanol–water partition coefficient (Wildman–Crippen LogP) is 3.01. The number of halogens is 3. The molecular weight excluding hydrogens is 307 g/mol. The molecule has 1 aromatic rings. The lowest BCUT2D eigenvalue weighted by molar-refractivity contribution is -0.141. The van der Waals surface area contributed by atoms with Crippen molar-refractivity contribution in [2.75, 3.05) is 38.2 Å². The summed E-state index contributed by atoms with van der Waals surface area (Å²) in [5, 5.41) is 3.15. The minimum absolute atomic E-state index is 0.182. The van der Waals surface area contributed by atoms with Gasteiger partial charge in [-0.3, -0.25) is 0 Å². The lowest BCUT2D eigenvalue weighted by Gasteiger charge is -2.33. The first-order chi connectivity index (χ1) is 11.0. The highest BCUT2D eigenvalue weighted by Gasteiger charge is 2.32. The highest BCUT2D eigenvalue weighted by Crippen LogP contribution is 2.28. The maximum atomic E-state index is 12.7. The third kappa shape index (κ3) is 4.57. The normalized spacial score (nSPS) is 24.0. The highest BCUT2D eigenvalue weighted by molar-refractivity contribution is 5.37. The molecule has 0 amide bonds. The van der Waals surface area contributed by atoms with Crippen LogP contribution in [0.3, 0.4) is 0 Å². The number of hydrogen-bond acceptors (Lipinski definition) is 4. The zero-order valence-corrected chi connectivity index (χ0v) is 13.0. The highest BCUT2D eigenvalue weighted by atomic mass is 19.4. The van der Waals surface area contributed by atoms with Crippen molar-refractivity contribution in [3.8, 4) is 0 Å². The van der Waals surface area contributed by atoms with Gasteiger partial charge in [0.1, 0.15) is 11.5 Å². The van der Waals surface area contributed by atoms with E-state index in [2.05, 4.69) is 15.2 Å². The van der Waals surface area contributed by atoms with Gasteiger partial charge in [0.15, 0.2) is 0 Å². The number of ether oxygens (including phenoxy) is 1. The smallest absolute Gasteiger partial charge is 0.381 e. The SMILES string of the molecule is FC(F)(F)c1cccc(NC2CCN(CC3CCOC3)CC2)n1. The number of alkyl halides is 3. The van der Waals surface area contributed by atoms with E-state index in [-0.39, 0.29) is 6.04 Å². The van der Waals surface area contributed by atoms with Crippen molar-refractivity contribution < 1.29 is 17.9 Å². The summed E-state index contributed by atoms with van der Waals surface area (Å²) >= 11 is 0. The van der Waals surface area contributed by atoms with Gasteiger partial charge in [0, 0.05) is 32.3 Å². The molecule has 1 unspecified atom stereocenters. The average Bonchev–Trinajstić information content (AvgIpc) is 3.02. The van der Waals surface area contributed by atoms with Gasteiger partial charge in [0.25, 0.3) is 0 Å². The molecule has 128 valence electrons. The number of hydrogen-bond donors (Lipinski definition) is 1. The number of piperidine rings is 1. The summed E-state index contributed by atoms with van der Waals surface area (Å²) < 4.78 is 43.5. The maximum Gasteiger partial charge on any atom is 0.433 e. The quantitative estimate of drug-likeness (QED) is 0.921. The molecule has 1 atom stereocenters. The Morgan fingerprint density at radius 1 is 1.22 bits per heavy atom. The Morgan fingerprint density at radius 3 is 2.65 bits per heavy atom. The van der Waals surface area contributed by atoms with Gasteiger partial charge in [0.2, 0.25) is 0 Å². The number of likely N-dealkylation sites (tertiary alicyclic amines) is 1. The lowest BCUT2D eigenvalue weighted by Crippen LogP contribution is -2.41. The Kier molecular flexibility index (Phi) is 5.06. The summed E-state index contributed by atoms with van der Waals surface area (Å²) in [6.45, 7) is 4.71. The van der Waals surface area contributed by atoms with E-state index in [1.807, 2.05) is 0 Å². The summed E-state index contributed by atoms with van der Waals surface area (Å²) in [5.41, 5.74) is -0.846. The fraction of sp³-hybridized carbons (Fsp3) is 0.688. The van der Waals surface area contributed by atoms with Crippen molar-refractivity contribution >= 4 is 5.82 Å². The van der Waals surface area contributed by atoms with Gasteiger partial charge in [-0.1, -0.05) is 6.07 Å². The van der Waals surface area contributed by atoms with Crippen molar-refractivity contribution in [2.24, 2.45) is 5.92 Å². The van der Waals surface area contributed by atoms with Crippen LogP contribution < -0.4 is 5.32 Å². The first kappa shape index (κ1) is 16.5. The van der Waals surface area contributed by atoms with E-state index < -0.39 is 11.9 Å². The van der Waals surface area contributed by atoms with Gasteiger partial charge in [-0.05, 0) is 37.3 Å². The molecular formula is C16H22F3N3O. The molecule has 7 heteroatoms. The summed E-state index contributed by atoms with van der Waals surface area (Å²) in [5.74, 6) is 0.937. The standard InChI is InChI=1S/C16H22F3N3O/c17-16(18,19)14-2-1-3-15(21-14)20-13-4-7-22(8-5-13)10-12-6-9-23-11-12/h1-3,12-13H,4-11H2,(H,20,21). The zero-order chi connectivity index (χ0) is 16.3. The summed E-state index contributed by atoms with van der Waals surface area (Å²) in [7, 11) is 0. The van der Waals surface area contributed by atoms with Gasteiger partial charge >= 0.3 is 6.18 Å². The van der Waals surface area contributed by atoms with Crippen molar-refractivity contribution in [1.29, 1.82) is 0 Å². The van der Waals surface area contributed by atoms with Crippen LogP contribution in [0.25, 0.3) is 0 Å². The third-order valence-corrected chi connectivity index (χ3v) is 4.52. The summed E-state index contributed by atoms with van der Waals surface area (Å²) in [4.78, 5) is 6.10. The molecule has 4 nitrogen and oxygen atoms in total. The number of nitrogens with one attached hydrogen (secondary N) is 1. The van der Waals surface area contributed by atoms with Crippen LogP contribution >= 0.6 is 0 Å². The molecule has 1 N–H and O–H groups in total. The Bertz CT molecular complexity index is 510. The van der Waals surface area contributed by atoms with Crippen LogP contribution in [-0.2, 0) is 10.9 Å². The largest absolute Gasteiger partial charge is 0.433 e. The van der Waals surface area contributed by atoms with Crippen molar-refractivity contribution in [2.45, 2.75) is 31.5 Å². The molecule has 1 aromatic heterocycles. The second kappa shape index (κ2) is 7.05. The van der Waals surface area contributed by atoms with Crippen LogP contribution in [0, 0.1) is 5.92 Å². The van der Waals surface area contributed by atoms with Crippen LogP contribution in [0.1, 0.15) is 25.0 Å². The molecule has 3 heterocycles. The predicted molar refractivity (Wildman–Crippen MR) is 81.2 cm³/mol. The molecule has 3 rings (SSSR count). The van der Waals surface area contributed by atoms with E-state index in [0.717, 1.165) is 58.2 Å². The van der Waals surface area contributed by atoms with Crippen LogP contribution in [0.4, 0.5) is 19.0 Å². The number of aromatic nitrogens is 1. The van der Waals surface area contributed by atoms with Crippen molar-refractivity contribution in [1.82, 2.24) is 9.88 Å². The van der Waals surface area contributed by atoms with Crippen LogP contribution in [0.15, 0.2) is 18.2 Å². The monoisotopic (exact) mass is 329 g/mol. The summed E-state index contributed by atoms with van der Waals surface area (Å²) in [6.07, 6.45) is -1.42. The molecule has 2 aliphatic heterocycles. The minimum Gasteiger partial charge on any atom is -0.381 e. The molecule has 0 spiro atoms. The molecule has 0 aromatic carbocycles. The molecule has 2 fully saturated rings. The minimum atomic E-state index is -4.40. The Hall–Kier alpha value is -1.34. The van der Waals surface area contributed by atoms with E-state index in [9.17, 15) is 13.2 Å². The Morgan fingerprint density at radius 2 is 2.00 bits per heavy atom. The van der Waals surface area contributed by atoms with E-state index in [0.29, 0.717) is 11.7 Å². The third-order valence-electron chi connectivity index (χ3n) is 4.52. The van der Waals surface area contributed by atoms with E-state index in [4.69, 9.17) is 4.74 Å². The molecule has 0 radical (unpaired) electrons. The van der Waals surface area contributed by atoms with Gasteiger partial charge in [-0.25, -0.2) is 4.98 Å². The zero-order valence-electron chi connectivity index (χ0n) is 13.0. The fourth-order valence-corrected chi connectivity index (χ4v) is 3.23. The van der Waals surface area contributed by atoms with Gasteiger partial charge in [-0.2, -0.15) is 13.2 Å². The van der Waals surface area contributed by atoms with Crippen molar-refractivity contribution in [3.05, 3.63) is 23.9 Å². The number of pyridine rings is 1. The number of anilines is 1. The van der Waals surface area contributed by atoms with Gasteiger partial charge < -0.3 is 15.0 Å². The van der Waals surface area contributed by atoms with Crippen LogP contribution in [0.2, 0.25) is 0 Å². The molecule has 0 bridgehead atoms. The average molecular weight is 329 g/mol. The second-order valence-electron chi connectivity index (χ2n) is 6.35. The molecule has 0 aliphatic carbocycles. The molecule has 2 saturated heterocycles. The molecule has 2 aliphatic rings. The topological polar surface area (TPSA) is 37.4 Å². The first-order valence-electron chi connectivity index (χ1n) is 8.11. The van der Waals surface area contributed by atoms with Gasteiger partial charge in [0.05, 0.1) is 6.61 Å². The molecule has 23 heavy (non-hydrogen) atoms. The second-order valence-corrected chi connectivity index (χ2v) is 6.35. The molecule has 0 saturated carbocycles. The summed E-state index contributed by atoms with van der Waals surface area (Å²) in [6, 6.07) is 4.17. The van der Waals surface area contributed by atoms with Crippen molar-refractivity contribution in [3.63, 3.8) is 0 Å². The van der Waals surface area contributed by atoms with E-state index in [1.54, 1.807) is 6.07 Å². The van der Waals surface area contributed by atoms with E-state index in [1.165, 1.54) is 6.07 Å². The van der Waals surface area contributed by atoms with Crippen LogP contribution in [0.5, 0.6) is 0 Å². The first-order valence-corrected chi connectivity index (χ1v) is 8.11. The fourth-order valence-electron chi connectivity index (χ4n) is 3.23. The Labute approximate surface area is 134 Å². The lowest BCUT2D eigenvalue weighted by atomic mass is 10.0. The van der Waals surface area contributed by atoms with Crippen LogP contribution in [-0.4, -0.2) is 48.8 Å².